The predicted molar refractivity (Wildman–Crippen MR) is 113 cm³/mol. The summed E-state index contributed by atoms with van der Waals surface area (Å²) in [7, 11) is 0. The third kappa shape index (κ3) is 5.11. The van der Waals surface area contributed by atoms with Crippen molar-refractivity contribution in [1.29, 1.82) is 0 Å². The fourth-order valence-electron chi connectivity index (χ4n) is 3.23. The minimum absolute atomic E-state index is 0.0109. The molecule has 1 aromatic heterocycles. The first-order valence-electron chi connectivity index (χ1n) is 9.62. The first-order valence-corrected chi connectivity index (χ1v) is 10.5. The molecule has 0 spiro atoms. The predicted octanol–water partition coefficient (Wildman–Crippen LogP) is 2.10. The first kappa shape index (κ1) is 20.4. The molecule has 0 fully saturated rings. The van der Waals surface area contributed by atoms with Crippen molar-refractivity contribution < 1.29 is 9.90 Å². The van der Waals surface area contributed by atoms with E-state index in [0.717, 1.165) is 17.8 Å². The summed E-state index contributed by atoms with van der Waals surface area (Å²) in [6.07, 6.45) is 0.883. The Hall–Kier alpha value is -2.38. The number of hydrogen-bond donors (Lipinski definition) is 3. The Kier molecular flexibility index (Phi) is 6.70. The number of nitrogens with zero attached hydrogens (tertiary/aromatic N) is 2. The molecular weight excluding hydrogens is 372 g/mol. The van der Waals surface area contributed by atoms with E-state index in [0.29, 0.717) is 25.6 Å². The zero-order valence-electron chi connectivity index (χ0n) is 16.4. The highest BCUT2D eigenvalue weighted by Gasteiger charge is 2.25. The molecule has 6 nitrogen and oxygen atoms in total. The Balaban J connectivity index is 1.57. The van der Waals surface area contributed by atoms with Gasteiger partial charge in [0, 0.05) is 24.5 Å². The molecule has 0 saturated heterocycles. The number of carbonyl (C=O) groups excluding carboxylic acids is 1. The van der Waals surface area contributed by atoms with E-state index in [1.807, 2.05) is 41.5 Å². The van der Waals surface area contributed by atoms with Crippen LogP contribution in [0.1, 0.15) is 29.9 Å². The van der Waals surface area contributed by atoms with Crippen LogP contribution in [0.25, 0.3) is 0 Å². The number of benzene rings is 1. The number of hydrogen-bond acceptors (Lipinski definition) is 4. The fraction of sp³-hybridized carbons (Fsp3) is 0.429. The van der Waals surface area contributed by atoms with E-state index in [4.69, 9.17) is 0 Å². The van der Waals surface area contributed by atoms with Crippen LogP contribution in [0.4, 0.5) is 0 Å². The topological polar surface area (TPSA) is 77.0 Å². The molecule has 0 aliphatic carbocycles. The van der Waals surface area contributed by atoms with Gasteiger partial charge < -0.3 is 20.6 Å². The van der Waals surface area contributed by atoms with Gasteiger partial charge in [0.05, 0.1) is 6.54 Å². The van der Waals surface area contributed by atoms with Crippen molar-refractivity contribution in [2.75, 3.05) is 26.2 Å². The van der Waals surface area contributed by atoms with Gasteiger partial charge in [0.25, 0.3) is 0 Å². The fourth-order valence-corrected chi connectivity index (χ4v) is 4.01. The molecule has 3 rings (SSSR count). The van der Waals surface area contributed by atoms with Crippen molar-refractivity contribution >= 4 is 23.2 Å². The summed E-state index contributed by atoms with van der Waals surface area (Å²) in [6, 6.07) is 12.1. The summed E-state index contributed by atoms with van der Waals surface area (Å²) < 4.78 is 0. The molecule has 0 radical (unpaired) electrons. The maximum absolute atomic E-state index is 12.6. The lowest BCUT2D eigenvalue weighted by molar-refractivity contribution is -0.130. The summed E-state index contributed by atoms with van der Waals surface area (Å²) in [5, 5.41) is 18.9. The van der Waals surface area contributed by atoms with Crippen LogP contribution in [0.15, 0.2) is 46.8 Å². The third-order valence-electron chi connectivity index (χ3n) is 4.85. The van der Waals surface area contributed by atoms with Crippen LogP contribution < -0.4 is 10.6 Å². The van der Waals surface area contributed by atoms with Gasteiger partial charge in [0.2, 0.25) is 5.91 Å². The molecule has 2 heterocycles. The van der Waals surface area contributed by atoms with E-state index in [9.17, 15) is 9.90 Å². The standard InChI is InChI=1S/C21H28N4O2S/c1-3-22-20(24-15-21(2,27)18-9-6-12-28-18)23-13-19(26)25-11-10-16-7-4-5-8-17(16)14-25/h4-9,12,27H,3,10-11,13-15H2,1-2H3,(H2,22,23,24). The van der Waals surface area contributed by atoms with Gasteiger partial charge in [-0.15, -0.1) is 11.3 Å². The summed E-state index contributed by atoms with van der Waals surface area (Å²) >= 11 is 1.52. The van der Waals surface area contributed by atoms with Crippen molar-refractivity contribution in [1.82, 2.24) is 15.5 Å². The lowest BCUT2D eigenvalue weighted by atomic mass is 10.00. The van der Waals surface area contributed by atoms with Gasteiger partial charge in [-0.25, -0.2) is 4.99 Å². The van der Waals surface area contributed by atoms with Crippen molar-refractivity contribution in [2.24, 2.45) is 4.99 Å². The number of aliphatic imine (C=N–C) groups is 1. The highest BCUT2D eigenvalue weighted by atomic mass is 32.1. The molecule has 1 aliphatic heterocycles. The van der Waals surface area contributed by atoms with Gasteiger partial charge in [0.1, 0.15) is 12.1 Å². The van der Waals surface area contributed by atoms with E-state index >= 15 is 0 Å². The normalized spacial score (nSPS) is 16.2. The van der Waals surface area contributed by atoms with Crippen LogP contribution in [0.2, 0.25) is 0 Å². The smallest absolute Gasteiger partial charge is 0.244 e. The number of rotatable bonds is 6. The molecule has 7 heteroatoms. The number of carbonyl (C=O) groups is 1. The lowest BCUT2D eigenvalue weighted by Gasteiger charge is -2.28. The van der Waals surface area contributed by atoms with E-state index < -0.39 is 5.60 Å². The van der Waals surface area contributed by atoms with Crippen molar-refractivity contribution in [2.45, 2.75) is 32.4 Å². The molecule has 1 atom stereocenters. The monoisotopic (exact) mass is 400 g/mol. The van der Waals surface area contributed by atoms with E-state index in [-0.39, 0.29) is 12.5 Å². The molecule has 1 amide bonds. The molecule has 1 aliphatic rings. The number of guanidine groups is 1. The number of fused-ring (bicyclic) bond motifs is 1. The second-order valence-corrected chi connectivity index (χ2v) is 8.08. The first-order chi connectivity index (χ1) is 13.5. The van der Waals surface area contributed by atoms with Crippen molar-refractivity contribution in [3.05, 3.63) is 57.8 Å². The maximum Gasteiger partial charge on any atom is 0.244 e. The van der Waals surface area contributed by atoms with Crippen molar-refractivity contribution in [3.8, 4) is 0 Å². The van der Waals surface area contributed by atoms with Crippen LogP contribution >= 0.6 is 11.3 Å². The molecule has 0 saturated carbocycles. The summed E-state index contributed by atoms with van der Waals surface area (Å²) in [6.45, 7) is 6.18. The summed E-state index contributed by atoms with van der Waals surface area (Å²) in [5.74, 6) is 0.543. The molecule has 28 heavy (non-hydrogen) atoms. The highest BCUT2D eigenvalue weighted by molar-refractivity contribution is 7.10. The molecule has 2 aromatic rings. The Morgan fingerprint density at radius 1 is 1.25 bits per heavy atom. The number of thiophene rings is 1. The third-order valence-corrected chi connectivity index (χ3v) is 5.98. The second-order valence-electron chi connectivity index (χ2n) is 7.13. The molecule has 150 valence electrons. The SMILES string of the molecule is CCNC(=NCC(=O)N1CCc2ccccc2C1)NCC(C)(O)c1cccs1. The van der Waals surface area contributed by atoms with Crippen LogP contribution in [0.5, 0.6) is 0 Å². The van der Waals surface area contributed by atoms with Gasteiger partial charge in [-0.1, -0.05) is 30.3 Å². The van der Waals surface area contributed by atoms with E-state index in [2.05, 4.69) is 27.8 Å². The Morgan fingerprint density at radius 2 is 2.04 bits per heavy atom. The van der Waals surface area contributed by atoms with Gasteiger partial charge in [0.15, 0.2) is 5.96 Å². The average Bonchev–Trinajstić information content (AvgIpc) is 3.25. The van der Waals surface area contributed by atoms with Gasteiger partial charge in [-0.3, -0.25) is 4.79 Å². The quantitative estimate of drug-likeness (QED) is 0.513. The van der Waals surface area contributed by atoms with Gasteiger partial charge in [-0.2, -0.15) is 0 Å². The maximum atomic E-state index is 12.6. The molecule has 3 N–H and O–H groups in total. The number of amides is 1. The average molecular weight is 401 g/mol. The van der Waals surface area contributed by atoms with Gasteiger partial charge in [-0.05, 0) is 42.8 Å². The molecular formula is C21H28N4O2S. The van der Waals surface area contributed by atoms with E-state index in [1.54, 1.807) is 6.92 Å². The van der Waals surface area contributed by atoms with Crippen LogP contribution in [0, 0.1) is 0 Å². The number of aliphatic hydroxyl groups is 1. The Morgan fingerprint density at radius 3 is 2.75 bits per heavy atom. The largest absolute Gasteiger partial charge is 0.383 e. The molecule has 1 unspecified atom stereocenters. The Labute approximate surface area is 170 Å². The summed E-state index contributed by atoms with van der Waals surface area (Å²) in [4.78, 5) is 19.8. The second kappa shape index (κ2) is 9.21. The summed E-state index contributed by atoms with van der Waals surface area (Å²) in [5.41, 5.74) is 1.54. The molecule has 0 bridgehead atoms. The highest BCUT2D eigenvalue weighted by Crippen LogP contribution is 2.24. The Bertz CT molecular complexity index is 818. The lowest BCUT2D eigenvalue weighted by Crippen LogP contribution is -2.45. The van der Waals surface area contributed by atoms with E-state index in [1.165, 1.54) is 22.5 Å². The molecule has 1 aromatic carbocycles. The van der Waals surface area contributed by atoms with Crippen LogP contribution in [-0.2, 0) is 23.4 Å². The van der Waals surface area contributed by atoms with Crippen molar-refractivity contribution in [3.63, 3.8) is 0 Å². The minimum Gasteiger partial charge on any atom is -0.383 e. The van der Waals surface area contributed by atoms with Gasteiger partial charge >= 0.3 is 0 Å². The van der Waals surface area contributed by atoms with Crippen LogP contribution in [-0.4, -0.2) is 48.1 Å². The number of nitrogens with one attached hydrogen (secondary N) is 2. The zero-order chi connectivity index (χ0) is 20.0. The zero-order valence-corrected chi connectivity index (χ0v) is 17.3. The van der Waals surface area contributed by atoms with Crippen LogP contribution in [0.3, 0.4) is 0 Å². The minimum atomic E-state index is -0.995.